The molecular formula is C19H19N5O2. The second-order valence-corrected chi connectivity index (χ2v) is 6.88. The highest BCUT2D eigenvalue weighted by molar-refractivity contribution is 5.79. The van der Waals surface area contributed by atoms with Crippen LogP contribution in [0, 0.1) is 5.92 Å². The van der Waals surface area contributed by atoms with Crippen molar-refractivity contribution in [2.24, 2.45) is 5.92 Å². The molecule has 7 heteroatoms. The lowest BCUT2D eigenvalue weighted by atomic mass is 9.94. The van der Waals surface area contributed by atoms with Gasteiger partial charge in [0.25, 0.3) is 0 Å². The van der Waals surface area contributed by atoms with Crippen molar-refractivity contribution in [2.75, 3.05) is 6.54 Å². The van der Waals surface area contributed by atoms with E-state index in [1.807, 2.05) is 34.0 Å². The van der Waals surface area contributed by atoms with Crippen LogP contribution in [0.3, 0.4) is 0 Å². The molecule has 132 valence electrons. The Morgan fingerprint density at radius 2 is 2.19 bits per heavy atom. The first-order valence-electron chi connectivity index (χ1n) is 8.96. The van der Waals surface area contributed by atoms with Gasteiger partial charge in [-0.15, -0.1) is 0 Å². The summed E-state index contributed by atoms with van der Waals surface area (Å²) in [4.78, 5) is 23.7. The number of hydrogen-bond donors (Lipinski definition) is 0. The normalized spacial score (nSPS) is 19.1. The molecule has 5 rings (SSSR count). The van der Waals surface area contributed by atoms with E-state index in [4.69, 9.17) is 4.42 Å². The maximum absolute atomic E-state index is 13.0. The van der Waals surface area contributed by atoms with Crippen molar-refractivity contribution in [1.82, 2.24) is 24.6 Å². The summed E-state index contributed by atoms with van der Waals surface area (Å²) in [7, 11) is 0. The largest absolute Gasteiger partial charge is 0.441 e. The number of carbonyl (C=O) groups is 1. The fraction of sp³-hybridized carbons (Fsp3) is 0.368. The van der Waals surface area contributed by atoms with Crippen LogP contribution in [-0.4, -0.2) is 37.1 Å². The molecule has 0 bridgehead atoms. The smallest absolute Gasteiger partial charge is 0.228 e. The van der Waals surface area contributed by atoms with Gasteiger partial charge >= 0.3 is 0 Å². The Kier molecular flexibility index (Phi) is 3.58. The van der Waals surface area contributed by atoms with Crippen LogP contribution in [0.1, 0.15) is 23.6 Å². The van der Waals surface area contributed by atoms with Gasteiger partial charge in [-0.1, -0.05) is 0 Å². The summed E-state index contributed by atoms with van der Waals surface area (Å²) in [5.74, 6) is 1.72. The third-order valence-corrected chi connectivity index (χ3v) is 5.25. The van der Waals surface area contributed by atoms with Crippen LogP contribution >= 0.6 is 0 Å². The number of nitrogens with zero attached hydrogens (tertiary/aromatic N) is 5. The van der Waals surface area contributed by atoms with Gasteiger partial charge in [0.15, 0.2) is 0 Å². The number of hydrogen-bond acceptors (Lipinski definition) is 5. The fourth-order valence-corrected chi connectivity index (χ4v) is 3.84. The molecule has 1 unspecified atom stereocenters. The van der Waals surface area contributed by atoms with E-state index in [-0.39, 0.29) is 11.8 Å². The van der Waals surface area contributed by atoms with Gasteiger partial charge in [0.05, 0.1) is 12.1 Å². The van der Waals surface area contributed by atoms with E-state index >= 15 is 0 Å². The standard InChI is InChI=1S/C19H19N5O2/c25-19(13-4-9-24-15(10-13)3-7-21-24)23-8-5-17-16(12-23)22-18(26-17)14-2-1-6-20-11-14/h1-3,6-7,11,13H,4-5,8-10,12H2. The highest BCUT2D eigenvalue weighted by Gasteiger charge is 2.32. The topological polar surface area (TPSA) is 77.0 Å². The van der Waals surface area contributed by atoms with Crippen molar-refractivity contribution in [3.8, 4) is 11.5 Å². The molecule has 3 aromatic rings. The molecule has 0 aromatic carbocycles. The maximum Gasteiger partial charge on any atom is 0.228 e. The number of rotatable bonds is 2. The maximum atomic E-state index is 13.0. The molecule has 26 heavy (non-hydrogen) atoms. The van der Waals surface area contributed by atoms with Crippen LogP contribution in [0.2, 0.25) is 0 Å². The lowest BCUT2D eigenvalue weighted by molar-refractivity contribution is -0.137. The van der Waals surface area contributed by atoms with E-state index in [1.165, 1.54) is 0 Å². The van der Waals surface area contributed by atoms with Gasteiger partial charge in [-0.05, 0) is 24.6 Å². The molecule has 0 N–H and O–H groups in total. The molecule has 0 saturated carbocycles. The zero-order valence-corrected chi connectivity index (χ0v) is 14.3. The summed E-state index contributed by atoms with van der Waals surface area (Å²) in [6, 6.07) is 5.80. The van der Waals surface area contributed by atoms with Gasteiger partial charge in [-0.25, -0.2) is 4.98 Å². The molecule has 0 spiro atoms. The van der Waals surface area contributed by atoms with Crippen LogP contribution in [0.5, 0.6) is 0 Å². The van der Waals surface area contributed by atoms with Crippen molar-refractivity contribution < 1.29 is 9.21 Å². The number of oxazole rings is 1. The summed E-state index contributed by atoms with van der Waals surface area (Å²) in [6.07, 6.45) is 7.59. The third kappa shape index (κ3) is 2.60. The molecule has 1 amide bonds. The Hall–Kier alpha value is -2.96. The second-order valence-electron chi connectivity index (χ2n) is 6.88. The van der Waals surface area contributed by atoms with E-state index in [1.54, 1.807) is 12.4 Å². The number of aromatic nitrogens is 4. The number of amides is 1. The average Bonchev–Trinajstić information content (AvgIpc) is 3.33. The molecule has 0 saturated heterocycles. The number of fused-ring (bicyclic) bond motifs is 2. The lowest BCUT2D eigenvalue weighted by Crippen LogP contribution is -2.41. The highest BCUT2D eigenvalue weighted by Crippen LogP contribution is 2.28. The Morgan fingerprint density at radius 3 is 3.08 bits per heavy atom. The van der Waals surface area contributed by atoms with E-state index < -0.39 is 0 Å². The molecule has 3 aromatic heterocycles. The summed E-state index contributed by atoms with van der Waals surface area (Å²) in [5.41, 5.74) is 2.87. The Morgan fingerprint density at radius 1 is 1.23 bits per heavy atom. The van der Waals surface area contributed by atoms with Gasteiger partial charge in [-0.2, -0.15) is 5.10 Å². The molecule has 0 aliphatic carbocycles. The molecule has 2 aliphatic rings. The van der Waals surface area contributed by atoms with Gasteiger partial charge in [-0.3, -0.25) is 14.5 Å². The van der Waals surface area contributed by atoms with Gasteiger partial charge in [0, 0.05) is 56.1 Å². The van der Waals surface area contributed by atoms with Crippen LogP contribution in [-0.2, 0) is 30.7 Å². The minimum Gasteiger partial charge on any atom is -0.441 e. The van der Waals surface area contributed by atoms with Crippen molar-refractivity contribution in [1.29, 1.82) is 0 Å². The molecule has 2 aliphatic heterocycles. The minimum atomic E-state index is 0.0328. The van der Waals surface area contributed by atoms with Crippen molar-refractivity contribution in [3.05, 3.63) is 53.9 Å². The predicted octanol–water partition coefficient (Wildman–Crippen LogP) is 2.08. The first-order valence-corrected chi connectivity index (χ1v) is 8.96. The zero-order chi connectivity index (χ0) is 17.5. The minimum absolute atomic E-state index is 0.0328. The quantitative estimate of drug-likeness (QED) is 0.708. The lowest BCUT2D eigenvalue weighted by Gasteiger charge is -2.31. The Bertz CT molecular complexity index is 946. The summed E-state index contributed by atoms with van der Waals surface area (Å²) in [5, 5.41) is 4.29. The number of carbonyl (C=O) groups excluding carboxylic acids is 1. The van der Waals surface area contributed by atoms with Crippen molar-refractivity contribution in [2.45, 2.75) is 32.4 Å². The second kappa shape index (κ2) is 6.09. The predicted molar refractivity (Wildman–Crippen MR) is 92.9 cm³/mol. The Labute approximate surface area is 150 Å². The molecule has 7 nitrogen and oxygen atoms in total. The first-order chi connectivity index (χ1) is 12.8. The van der Waals surface area contributed by atoms with Gasteiger partial charge in [0.1, 0.15) is 11.5 Å². The zero-order valence-electron chi connectivity index (χ0n) is 14.3. The van der Waals surface area contributed by atoms with E-state index in [0.29, 0.717) is 25.4 Å². The first kappa shape index (κ1) is 15.3. The molecule has 5 heterocycles. The molecule has 1 atom stereocenters. The molecular weight excluding hydrogens is 330 g/mol. The highest BCUT2D eigenvalue weighted by atomic mass is 16.4. The summed E-state index contributed by atoms with van der Waals surface area (Å²) >= 11 is 0. The van der Waals surface area contributed by atoms with E-state index in [9.17, 15) is 4.79 Å². The number of aryl methyl sites for hydroxylation is 1. The van der Waals surface area contributed by atoms with Crippen LogP contribution < -0.4 is 0 Å². The fourth-order valence-electron chi connectivity index (χ4n) is 3.84. The SMILES string of the molecule is O=C(C1CCn2nccc2C1)N1CCc2oc(-c3cccnc3)nc2C1. The van der Waals surface area contributed by atoms with Crippen molar-refractivity contribution in [3.63, 3.8) is 0 Å². The van der Waals surface area contributed by atoms with Crippen LogP contribution in [0.4, 0.5) is 0 Å². The third-order valence-electron chi connectivity index (χ3n) is 5.25. The van der Waals surface area contributed by atoms with Gasteiger partial charge in [0.2, 0.25) is 11.8 Å². The molecule has 0 fully saturated rings. The Balaban J connectivity index is 1.33. The summed E-state index contributed by atoms with van der Waals surface area (Å²) in [6.45, 7) is 2.02. The van der Waals surface area contributed by atoms with Crippen LogP contribution in [0.25, 0.3) is 11.5 Å². The molecule has 0 radical (unpaired) electrons. The van der Waals surface area contributed by atoms with Crippen LogP contribution in [0.15, 0.2) is 41.2 Å². The van der Waals surface area contributed by atoms with E-state index in [0.717, 1.165) is 42.1 Å². The summed E-state index contributed by atoms with van der Waals surface area (Å²) < 4.78 is 7.90. The van der Waals surface area contributed by atoms with Crippen molar-refractivity contribution >= 4 is 5.91 Å². The monoisotopic (exact) mass is 349 g/mol. The van der Waals surface area contributed by atoms with Gasteiger partial charge < -0.3 is 9.32 Å². The number of pyridine rings is 1. The van der Waals surface area contributed by atoms with E-state index in [2.05, 4.69) is 15.1 Å². The average molecular weight is 349 g/mol.